The van der Waals surface area contributed by atoms with Crippen LogP contribution in [-0.4, -0.2) is 42.0 Å². The first-order chi connectivity index (χ1) is 14.5. The Morgan fingerprint density at radius 2 is 1.90 bits per heavy atom. The largest absolute Gasteiger partial charge is 0.369 e. The Kier molecular flexibility index (Phi) is 5.27. The zero-order chi connectivity index (χ0) is 21.3. The third-order valence-electron chi connectivity index (χ3n) is 4.77. The lowest BCUT2D eigenvalue weighted by Gasteiger charge is -2.14. The van der Waals surface area contributed by atoms with Gasteiger partial charge in [0.25, 0.3) is 5.56 Å². The molecule has 0 bridgehead atoms. The number of amides is 1. The monoisotopic (exact) mass is 425 g/mol. The molecular weight excluding hydrogens is 406 g/mol. The van der Waals surface area contributed by atoms with Crippen molar-refractivity contribution < 1.29 is 4.79 Å². The van der Waals surface area contributed by atoms with E-state index in [4.69, 9.17) is 0 Å². The molecule has 3 heterocycles. The Labute approximate surface area is 174 Å². The summed E-state index contributed by atoms with van der Waals surface area (Å²) in [6.07, 6.45) is 0. The van der Waals surface area contributed by atoms with Crippen LogP contribution in [0.4, 0.5) is 0 Å². The molecule has 11 heteroatoms. The molecule has 4 aromatic rings. The van der Waals surface area contributed by atoms with E-state index in [-0.39, 0.29) is 30.2 Å². The Hall–Kier alpha value is -3.60. The van der Waals surface area contributed by atoms with Crippen molar-refractivity contribution in [3.63, 3.8) is 0 Å². The summed E-state index contributed by atoms with van der Waals surface area (Å²) in [5.74, 6) is -0.842. The van der Waals surface area contributed by atoms with E-state index in [1.54, 1.807) is 44.3 Å². The van der Waals surface area contributed by atoms with Crippen LogP contribution in [0.15, 0.2) is 51.4 Å². The van der Waals surface area contributed by atoms with Crippen molar-refractivity contribution in [3.8, 4) is 5.00 Å². The van der Waals surface area contributed by atoms with Gasteiger partial charge in [0, 0.05) is 19.0 Å². The first-order valence-corrected chi connectivity index (χ1v) is 10.2. The van der Waals surface area contributed by atoms with E-state index in [0.29, 0.717) is 21.5 Å². The van der Waals surface area contributed by atoms with Crippen LogP contribution >= 0.6 is 11.3 Å². The summed E-state index contributed by atoms with van der Waals surface area (Å²) in [6, 6.07) is 10.7. The predicted octanol–water partition coefficient (Wildman–Crippen LogP) is 0.657. The van der Waals surface area contributed by atoms with Crippen molar-refractivity contribution in [2.45, 2.75) is 19.4 Å². The van der Waals surface area contributed by atoms with Crippen molar-refractivity contribution >= 4 is 28.0 Å². The van der Waals surface area contributed by atoms with Gasteiger partial charge in [-0.05, 0) is 40.9 Å². The van der Waals surface area contributed by atoms with Crippen molar-refractivity contribution in [3.05, 3.63) is 68.3 Å². The number of tetrazole rings is 1. The number of rotatable bonds is 6. The maximum absolute atomic E-state index is 12.7. The summed E-state index contributed by atoms with van der Waals surface area (Å²) in [5.41, 5.74) is -0.0633. The number of aromatic nitrogens is 6. The molecule has 0 radical (unpaired) electrons. The van der Waals surface area contributed by atoms with Crippen LogP contribution in [0.3, 0.4) is 0 Å². The lowest BCUT2D eigenvalue weighted by Crippen LogP contribution is -2.35. The number of nitrogens with one attached hydrogen (secondary N) is 1. The van der Waals surface area contributed by atoms with Gasteiger partial charge in [-0.1, -0.05) is 18.2 Å². The van der Waals surface area contributed by atoms with Gasteiger partial charge in [-0.3, -0.25) is 9.59 Å². The normalized spacial score (nSPS) is 12.2. The standard InChI is InChI=1S/C19H19N7O3S/c1-12(16-13-6-3-4-7-14(13)18(28)24(2)21-16)17(27)20-9-10-25-19(29)26(23-22-25)15-8-5-11-30-15/h3-8,11-12H,9-10H2,1-2H3,(H,20,27)/t12-/m1/s1. The zero-order valence-electron chi connectivity index (χ0n) is 16.3. The van der Waals surface area contributed by atoms with Gasteiger partial charge in [-0.15, -0.1) is 11.3 Å². The molecule has 10 nitrogen and oxygen atoms in total. The molecule has 0 aliphatic carbocycles. The quantitative estimate of drug-likeness (QED) is 0.485. The van der Waals surface area contributed by atoms with Crippen molar-refractivity contribution in [1.82, 2.24) is 34.9 Å². The van der Waals surface area contributed by atoms with Crippen LogP contribution in [0.1, 0.15) is 18.5 Å². The third-order valence-corrected chi connectivity index (χ3v) is 5.61. The van der Waals surface area contributed by atoms with E-state index in [2.05, 4.69) is 20.8 Å². The molecule has 1 amide bonds. The Morgan fingerprint density at radius 1 is 1.13 bits per heavy atom. The zero-order valence-corrected chi connectivity index (χ0v) is 17.2. The lowest BCUT2D eigenvalue weighted by atomic mass is 10.0. The molecule has 4 rings (SSSR count). The fourth-order valence-corrected chi connectivity index (χ4v) is 3.82. The van der Waals surface area contributed by atoms with Crippen molar-refractivity contribution in [2.75, 3.05) is 6.54 Å². The molecule has 0 saturated heterocycles. The predicted molar refractivity (Wildman–Crippen MR) is 112 cm³/mol. The van der Waals surface area contributed by atoms with Gasteiger partial charge in [0.15, 0.2) is 0 Å². The van der Waals surface area contributed by atoms with Crippen LogP contribution < -0.4 is 16.6 Å². The summed E-state index contributed by atoms with van der Waals surface area (Å²) >= 11 is 1.38. The number of fused-ring (bicyclic) bond motifs is 1. The van der Waals surface area contributed by atoms with Crippen LogP contribution in [-0.2, 0) is 18.4 Å². The average molecular weight is 425 g/mol. The minimum atomic E-state index is -0.583. The van der Waals surface area contributed by atoms with E-state index in [1.165, 1.54) is 25.4 Å². The minimum Gasteiger partial charge on any atom is -0.354 e. The third kappa shape index (κ3) is 3.54. The second-order valence-electron chi connectivity index (χ2n) is 6.72. The SMILES string of the molecule is C[C@@H](C(=O)NCCn1nnn(-c2cccs2)c1=O)c1nn(C)c(=O)c2ccccc12. The summed E-state index contributed by atoms with van der Waals surface area (Å²) < 4.78 is 3.66. The minimum absolute atomic E-state index is 0.185. The number of carbonyl (C=O) groups excluding carboxylic acids is 1. The molecule has 3 aromatic heterocycles. The molecule has 0 fully saturated rings. The van der Waals surface area contributed by atoms with Gasteiger partial charge in [0.1, 0.15) is 5.00 Å². The molecule has 0 spiro atoms. The fourth-order valence-electron chi connectivity index (χ4n) is 3.15. The van der Waals surface area contributed by atoms with E-state index in [9.17, 15) is 14.4 Å². The molecule has 1 N–H and O–H groups in total. The van der Waals surface area contributed by atoms with Gasteiger partial charge < -0.3 is 5.32 Å². The first kappa shape index (κ1) is 19.7. The number of hydrogen-bond acceptors (Lipinski definition) is 7. The summed E-state index contributed by atoms with van der Waals surface area (Å²) in [6.45, 7) is 2.12. The average Bonchev–Trinajstić information content (AvgIpc) is 3.40. The van der Waals surface area contributed by atoms with Crippen molar-refractivity contribution in [1.29, 1.82) is 0 Å². The Balaban J connectivity index is 1.47. The smallest absolute Gasteiger partial charge is 0.354 e. The van der Waals surface area contributed by atoms with Crippen LogP contribution in [0.25, 0.3) is 15.8 Å². The summed E-state index contributed by atoms with van der Waals surface area (Å²) in [5, 5.41) is 18.5. The van der Waals surface area contributed by atoms with E-state index < -0.39 is 5.92 Å². The number of carbonyl (C=O) groups is 1. The van der Waals surface area contributed by atoms with E-state index in [1.807, 2.05) is 11.4 Å². The van der Waals surface area contributed by atoms with Gasteiger partial charge >= 0.3 is 5.69 Å². The van der Waals surface area contributed by atoms with Gasteiger partial charge in [-0.2, -0.15) is 14.5 Å². The number of aryl methyl sites for hydroxylation is 1. The molecule has 1 atom stereocenters. The number of hydrogen-bond donors (Lipinski definition) is 1. The van der Waals surface area contributed by atoms with E-state index >= 15 is 0 Å². The van der Waals surface area contributed by atoms with Crippen molar-refractivity contribution in [2.24, 2.45) is 7.05 Å². The molecule has 0 aliphatic rings. The number of thiophene rings is 1. The van der Waals surface area contributed by atoms with Gasteiger partial charge in [-0.25, -0.2) is 9.48 Å². The lowest BCUT2D eigenvalue weighted by molar-refractivity contribution is -0.122. The molecule has 154 valence electrons. The molecule has 0 aliphatic heterocycles. The highest BCUT2D eigenvalue weighted by Crippen LogP contribution is 2.21. The topological polar surface area (TPSA) is 117 Å². The second kappa shape index (κ2) is 8.03. The van der Waals surface area contributed by atoms with Gasteiger partial charge in [0.05, 0.1) is 23.5 Å². The first-order valence-electron chi connectivity index (χ1n) is 9.27. The second-order valence-corrected chi connectivity index (χ2v) is 7.65. The maximum atomic E-state index is 12.7. The highest BCUT2D eigenvalue weighted by Gasteiger charge is 2.21. The molecule has 0 saturated carbocycles. The highest BCUT2D eigenvalue weighted by atomic mass is 32.1. The van der Waals surface area contributed by atoms with E-state index in [0.717, 1.165) is 0 Å². The number of nitrogens with zero attached hydrogens (tertiary/aromatic N) is 6. The van der Waals surface area contributed by atoms with Gasteiger partial charge in [0.2, 0.25) is 5.91 Å². The summed E-state index contributed by atoms with van der Waals surface area (Å²) in [4.78, 5) is 37.3. The highest BCUT2D eigenvalue weighted by molar-refractivity contribution is 7.12. The maximum Gasteiger partial charge on any atom is 0.369 e. The summed E-state index contributed by atoms with van der Waals surface area (Å²) in [7, 11) is 1.56. The number of benzene rings is 1. The molecule has 30 heavy (non-hydrogen) atoms. The Morgan fingerprint density at radius 3 is 2.63 bits per heavy atom. The molecule has 1 aromatic carbocycles. The molecule has 0 unspecified atom stereocenters. The van der Waals surface area contributed by atoms with Crippen LogP contribution in [0.5, 0.6) is 0 Å². The molecular formula is C19H19N7O3S. The Bertz CT molecular complexity index is 1320. The van der Waals surface area contributed by atoms with Crippen LogP contribution in [0.2, 0.25) is 0 Å². The van der Waals surface area contributed by atoms with Crippen LogP contribution in [0, 0.1) is 0 Å². The fraction of sp³-hybridized carbons (Fsp3) is 0.263.